The highest BCUT2D eigenvalue weighted by Crippen LogP contribution is 2.17. The standard InChI is InChI=1S/C21H29N3O2/c1-23(2)20-13-11-19(12-14-20)22-21(25)24(15-7-8-16-26-3)17-18-9-5-4-6-10-18/h4-6,9-14H,7-8,15-17H2,1-3H3,(H,22,25). The zero-order chi connectivity index (χ0) is 18.8. The minimum atomic E-state index is -0.0797. The van der Waals surface area contributed by atoms with Crippen molar-refractivity contribution >= 4 is 17.4 Å². The third-order valence-corrected chi connectivity index (χ3v) is 4.16. The number of amides is 2. The predicted octanol–water partition coefficient (Wildman–Crippen LogP) is 4.21. The fourth-order valence-electron chi connectivity index (χ4n) is 2.65. The molecule has 140 valence electrons. The van der Waals surface area contributed by atoms with Crippen molar-refractivity contribution in [2.24, 2.45) is 0 Å². The molecule has 2 aromatic carbocycles. The minimum Gasteiger partial charge on any atom is -0.385 e. The van der Waals surface area contributed by atoms with Gasteiger partial charge in [-0.3, -0.25) is 0 Å². The lowest BCUT2D eigenvalue weighted by molar-refractivity contribution is 0.182. The van der Waals surface area contributed by atoms with Gasteiger partial charge in [0.1, 0.15) is 0 Å². The molecule has 0 bridgehead atoms. The highest BCUT2D eigenvalue weighted by atomic mass is 16.5. The predicted molar refractivity (Wildman–Crippen MR) is 108 cm³/mol. The monoisotopic (exact) mass is 355 g/mol. The molecule has 2 rings (SSSR count). The van der Waals surface area contributed by atoms with Crippen molar-refractivity contribution in [2.75, 3.05) is 44.6 Å². The Balaban J connectivity index is 2.00. The van der Waals surface area contributed by atoms with Crippen LogP contribution in [0.4, 0.5) is 16.2 Å². The Bertz CT molecular complexity index is 657. The number of ether oxygens (including phenoxy) is 1. The molecule has 0 aromatic heterocycles. The molecule has 0 saturated carbocycles. The van der Waals surface area contributed by atoms with E-state index in [0.29, 0.717) is 19.7 Å². The van der Waals surface area contributed by atoms with Gasteiger partial charge in [-0.05, 0) is 42.7 Å². The molecule has 0 aliphatic carbocycles. The summed E-state index contributed by atoms with van der Waals surface area (Å²) in [7, 11) is 5.69. The summed E-state index contributed by atoms with van der Waals surface area (Å²) in [6.07, 6.45) is 1.85. The van der Waals surface area contributed by atoms with Crippen molar-refractivity contribution in [3.8, 4) is 0 Å². The van der Waals surface area contributed by atoms with E-state index in [0.717, 1.165) is 29.8 Å². The summed E-state index contributed by atoms with van der Waals surface area (Å²) in [6.45, 7) is 2.00. The number of rotatable bonds is 9. The van der Waals surface area contributed by atoms with Crippen LogP contribution in [0.5, 0.6) is 0 Å². The first-order valence-electron chi connectivity index (χ1n) is 8.96. The van der Waals surface area contributed by atoms with E-state index < -0.39 is 0 Å². The van der Waals surface area contributed by atoms with Crippen LogP contribution < -0.4 is 10.2 Å². The maximum absolute atomic E-state index is 12.8. The molecule has 0 saturated heterocycles. The normalized spacial score (nSPS) is 10.4. The lowest BCUT2D eigenvalue weighted by Crippen LogP contribution is -2.35. The van der Waals surface area contributed by atoms with Crippen LogP contribution in [0, 0.1) is 0 Å². The highest BCUT2D eigenvalue weighted by molar-refractivity contribution is 5.89. The Morgan fingerprint density at radius 3 is 2.31 bits per heavy atom. The third kappa shape index (κ3) is 6.41. The van der Waals surface area contributed by atoms with Gasteiger partial charge in [0.25, 0.3) is 0 Å². The second-order valence-electron chi connectivity index (χ2n) is 6.48. The highest BCUT2D eigenvalue weighted by Gasteiger charge is 2.14. The second-order valence-corrected chi connectivity index (χ2v) is 6.48. The van der Waals surface area contributed by atoms with Gasteiger partial charge in [0, 0.05) is 52.3 Å². The van der Waals surface area contributed by atoms with Gasteiger partial charge in [0.05, 0.1) is 0 Å². The summed E-state index contributed by atoms with van der Waals surface area (Å²) in [6, 6.07) is 17.8. The van der Waals surface area contributed by atoms with Crippen molar-refractivity contribution in [3.05, 3.63) is 60.2 Å². The molecule has 0 atom stereocenters. The van der Waals surface area contributed by atoms with Gasteiger partial charge in [-0.15, -0.1) is 0 Å². The maximum atomic E-state index is 12.8. The summed E-state index contributed by atoms with van der Waals surface area (Å²) in [4.78, 5) is 16.7. The Hall–Kier alpha value is -2.53. The number of benzene rings is 2. The summed E-state index contributed by atoms with van der Waals surface area (Å²) < 4.78 is 5.11. The Labute approximate surface area is 156 Å². The van der Waals surface area contributed by atoms with Crippen LogP contribution in [0.1, 0.15) is 18.4 Å². The topological polar surface area (TPSA) is 44.8 Å². The number of nitrogens with zero attached hydrogens (tertiary/aromatic N) is 2. The smallest absolute Gasteiger partial charge is 0.322 e. The number of hydrogen-bond acceptors (Lipinski definition) is 3. The van der Waals surface area contributed by atoms with Crippen LogP contribution in [0.2, 0.25) is 0 Å². The van der Waals surface area contributed by atoms with Gasteiger partial charge in [-0.1, -0.05) is 30.3 Å². The van der Waals surface area contributed by atoms with Gasteiger partial charge in [0.15, 0.2) is 0 Å². The molecule has 0 heterocycles. The zero-order valence-corrected chi connectivity index (χ0v) is 15.9. The van der Waals surface area contributed by atoms with E-state index in [1.807, 2.05) is 78.5 Å². The molecule has 5 nitrogen and oxygen atoms in total. The summed E-state index contributed by atoms with van der Waals surface area (Å²) in [5.41, 5.74) is 3.02. The first-order chi connectivity index (χ1) is 12.6. The minimum absolute atomic E-state index is 0.0797. The van der Waals surface area contributed by atoms with Gasteiger partial charge in [-0.2, -0.15) is 0 Å². The molecule has 26 heavy (non-hydrogen) atoms. The van der Waals surface area contributed by atoms with Crippen LogP contribution in [-0.2, 0) is 11.3 Å². The molecule has 0 fully saturated rings. The number of methoxy groups -OCH3 is 1. The maximum Gasteiger partial charge on any atom is 0.322 e. The Morgan fingerprint density at radius 2 is 1.69 bits per heavy atom. The quantitative estimate of drug-likeness (QED) is 0.685. The Kier molecular flexibility index (Phi) is 7.96. The van der Waals surface area contributed by atoms with Crippen molar-refractivity contribution < 1.29 is 9.53 Å². The molecule has 0 radical (unpaired) electrons. The van der Waals surface area contributed by atoms with Crippen molar-refractivity contribution in [2.45, 2.75) is 19.4 Å². The van der Waals surface area contributed by atoms with Gasteiger partial charge in [-0.25, -0.2) is 4.79 Å². The fourth-order valence-corrected chi connectivity index (χ4v) is 2.65. The third-order valence-electron chi connectivity index (χ3n) is 4.16. The second kappa shape index (κ2) is 10.5. The van der Waals surface area contributed by atoms with Crippen molar-refractivity contribution in [3.63, 3.8) is 0 Å². The molecule has 2 aromatic rings. The van der Waals surface area contributed by atoms with Crippen LogP contribution >= 0.6 is 0 Å². The van der Waals surface area contributed by atoms with Crippen LogP contribution in [0.25, 0.3) is 0 Å². The molecular weight excluding hydrogens is 326 g/mol. The summed E-state index contributed by atoms with van der Waals surface area (Å²) >= 11 is 0. The number of carbonyl (C=O) groups is 1. The van der Waals surface area contributed by atoms with E-state index in [9.17, 15) is 4.79 Å². The number of hydrogen-bond donors (Lipinski definition) is 1. The average Bonchev–Trinajstić information content (AvgIpc) is 2.65. The van der Waals surface area contributed by atoms with E-state index in [1.54, 1.807) is 7.11 Å². The van der Waals surface area contributed by atoms with Crippen molar-refractivity contribution in [1.29, 1.82) is 0 Å². The molecule has 1 N–H and O–H groups in total. The number of urea groups is 1. The van der Waals surface area contributed by atoms with Gasteiger partial charge >= 0.3 is 6.03 Å². The summed E-state index contributed by atoms with van der Waals surface area (Å²) in [5, 5.41) is 3.01. The molecule has 0 unspecified atom stereocenters. The fraction of sp³-hybridized carbons (Fsp3) is 0.381. The number of anilines is 2. The molecular formula is C21H29N3O2. The Morgan fingerprint density at radius 1 is 1.00 bits per heavy atom. The molecule has 5 heteroatoms. The lowest BCUT2D eigenvalue weighted by atomic mass is 10.2. The molecule has 0 spiro atoms. The lowest BCUT2D eigenvalue weighted by Gasteiger charge is -2.23. The SMILES string of the molecule is COCCCCN(Cc1ccccc1)C(=O)Nc1ccc(N(C)C)cc1. The largest absolute Gasteiger partial charge is 0.385 e. The number of nitrogens with one attached hydrogen (secondary N) is 1. The first-order valence-corrected chi connectivity index (χ1v) is 8.96. The molecule has 0 aliphatic heterocycles. The van der Waals surface area contributed by atoms with E-state index in [4.69, 9.17) is 4.74 Å². The average molecular weight is 355 g/mol. The molecule has 2 amide bonds. The van der Waals surface area contributed by atoms with E-state index in [-0.39, 0.29) is 6.03 Å². The van der Waals surface area contributed by atoms with Crippen LogP contribution in [0.15, 0.2) is 54.6 Å². The number of carbonyl (C=O) groups excluding carboxylic acids is 1. The van der Waals surface area contributed by atoms with Crippen LogP contribution in [0.3, 0.4) is 0 Å². The van der Waals surface area contributed by atoms with Crippen LogP contribution in [-0.4, -0.2) is 45.3 Å². The van der Waals surface area contributed by atoms with Crippen molar-refractivity contribution in [1.82, 2.24) is 4.90 Å². The molecule has 0 aliphatic rings. The van der Waals surface area contributed by atoms with E-state index >= 15 is 0 Å². The van der Waals surface area contributed by atoms with E-state index in [1.165, 1.54) is 0 Å². The zero-order valence-electron chi connectivity index (χ0n) is 15.9. The first kappa shape index (κ1) is 19.8. The van der Waals surface area contributed by atoms with Gasteiger partial charge in [0.2, 0.25) is 0 Å². The number of unbranched alkanes of at least 4 members (excludes halogenated alkanes) is 1. The summed E-state index contributed by atoms with van der Waals surface area (Å²) in [5.74, 6) is 0. The van der Waals surface area contributed by atoms with E-state index in [2.05, 4.69) is 5.32 Å². The van der Waals surface area contributed by atoms with Gasteiger partial charge < -0.3 is 19.9 Å².